The van der Waals surface area contributed by atoms with Gasteiger partial charge in [0.1, 0.15) is 11.8 Å². The second-order valence-electron chi connectivity index (χ2n) is 12.3. The Balaban J connectivity index is 1.60. The molecule has 2 aromatic carbocycles. The van der Waals surface area contributed by atoms with Crippen molar-refractivity contribution in [2.75, 3.05) is 36.6 Å². The fraction of sp³-hybridized carbons (Fsp3) is 0.457. The molecule has 3 aliphatic heterocycles. The van der Waals surface area contributed by atoms with Gasteiger partial charge in [-0.3, -0.25) is 14.4 Å². The maximum atomic E-state index is 14.9. The minimum Gasteiger partial charge on any atom is -0.497 e. The highest BCUT2D eigenvalue weighted by Gasteiger charge is 2.74. The summed E-state index contributed by atoms with van der Waals surface area (Å²) in [6, 6.07) is 15.3. The Bertz CT molecular complexity index is 1380. The van der Waals surface area contributed by atoms with E-state index < -0.39 is 28.7 Å². The molecule has 0 aromatic heterocycles. The summed E-state index contributed by atoms with van der Waals surface area (Å²) < 4.78 is 4.55. The number of methoxy groups -OCH3 is 1. The molecule has 2 aromatic rings. The van der Waals surface area contributed by atoms with E-state index in [2.05, 4.69) is 13.2 Å². The molecular weight excluding hydrogens is 574 g/mol. The summed E-state index contributed by atoms with van der Waals surface area (Å²) in [4.78, 5) is 49.0. The number of carbonyl (C=O) groups is 3. The lowest BCUT2D eigenvalue weighted by atomic mass is 9.70. The number of para-hydroxylation sites is 1. The first-order valence-electron chi connectivity index (χ1n) is 15.4. The van der Waals surface area contributed by atoms with E-state index in [1.165, 1.54) is 0 Å². The molecule has 6 atom stereocenters. The number of hydrogen-bond donors (Lipinski definition) is 1. The van der Waals surface area contributed by atoms with Crippen LogP contribution in [-0.4, -0.2) is 76.6 Å². The Kier molecular flexibility index (Phi) is 9.56. The van der Waals surface area contributed by atoms with Crippen LogP contribution in [0.25, 0.3) is 0 Å². The lowest BCUT2D eigenvalue weighted by Crippen LogP contribution is -2.58. The standard InChI is InChI=1S/C35H43N3O5S/c1-6-19-36(24-11-9-8-10-12-24)32(40)29-28-17-18-35(44-28)30(29)33(41)38(26(22-39)21-23(3)4)31(35)34(42)37(20-7-2)25-13-15-27(43-5)16-14-25/h6-16,23,26,28-31,39H,1-2,17-22H2,3-5H3/t26-,28-,29+,30+,31?,35?/m1/s1. The van der Waals surface area contributed by atoms with Gasteiger partial charge in [0.05, 0.1) is 36.3 Å². The molecule has 0 radical (unpaired) electrons. The molecule has 8 nitrogen and oxygen atoms in total. The maximum Gasteiger partial charge on any atom is 0.251 e. The number of rotatable bonds is 13. The minimum atomic E-state index is -0.838. The van der Waals surface area contributed by atoms with Gasteiger partial charge in [0.15, 0.2) is 0 Å². The van der Waals surface area contributed by atoms with Crippen LogP contribution in [-0.2, 0) is 14.4 Å². The molecule has 3 aliphatic rings. The number of aliphatic hydroxyl groups excluding tert-OH is 1. The van der Waals surface area contributed by atoms with Crippen molar-refractivity contribution in [2.24, 2.45) is 17.8 Å². The van der Waals surface area contributed by atoms with Gasteiger partial charge in [0.2, 0.25) is 11.8 Å². The van der Waals surface area contributed by atoms with Gasteiger partial charge in [-0.15, -0.1) is 24.9 Å². The number of nitrogens with zero attached hydrogens (tertiary/aromatic N) is 3. The first-order chi connectivity index (χ1) is 21.2. The van der Waals surface area contributed by atoms with Crippen LogP contribution in [0.15, 0.2) is 79.9 Å². The molecule has 5 rings (SSSR count). The predicted molar refractivity (Wildman–Crippen MR) is 176 cm³/mol. The Hall–Kier alpha value is -3.56. The van der Waals surface area contributed by atoms with Crippen molar-refractivity contribution in [3.8, 4) is 5.75 Å². The van der Waals surface area contributed by atoms with Crippen LogP contribution in [0.5, 0.6) is 5.75 Å². The van der Waals surface area contributed by atoms with E-state index in [4.69, 9.17) is 4.74 Å². The van der Waals surface area contributed by atoms with E-state index >= 15 is 0 Å². The van der Waals surface area contributed by atoms with E-state index in [0.29, 0.717) is 30.8 Å². The third kappa shape index (κ3) is 5.45. The fourth-order valence-electron chi connectivity index (χ4n) is 7.47. The van der Waals surface area contributed by atoms with Gasteiger partial charge >= 0.3 is 0 Å². The number of ether oxygens (including phenoxy) is 1. The predicted octanol–water partition coefficient (Wildman–Crippen LogP) is 4.93. The number of hydrogen-bond acceptors (Lipinski definition) is 6. The number of carbonyl (C=O) groups excluding carboxylic acids is 3. The molecule has 0 aliphatic carbocycles. The third-order valence-electron chi connectivity index (χ3n) is 9.21. The summed E-state index contributed by atoms with van der Waals surface area (Å²) in [5.74, 6) is -0.968. The van der Waals surface area contributed by atoms with Gasteiger partial charge < -0.3 is 24.5 Å². The van der Waals surface area contributed by atoms with E-state index in [1.807, 2.05) is 56.3 Å². The molecule has 1 N–H and O–H groups in total. The topological polar surface area (TPSA) is 90.4 Å². The van der Waals surface area contributed by atoms with Gasteiger partial charge in [0, 0.05) is 29.7 Å². The number of likely N-dealkylation sites (tertiary alicyclic amines) is 1. The van der Waals surface area contributed by atoms with Crippen molar-refractivity contribution in [1.82, 2.24) is 4.90 Å². The number of aliphatic hydroxyl groups is 1. The highest BCUT2D eigenvalue weighted by molar-refractivity contribution is 8.02. The minimum absolute atomic E-state index is 0.0866. The SMILES string of the molecule is C=CCN(C(=O)C1N([C@@H](CO)CC(C)C)C(=O)[C@@H]2[C@@H](C(=O)N(CC=C)c3ccccc3)[C@H]3CCC12S3)c1ccc(OC)cc1. The van der Waals surface area contributed by atoms with Crippen molar-refractivity contribution in [3.63, 3.8) is 0 Å². The van der Waals surface area contributed by atoms with Crippen molar-refractivity contribution in [2.45, 2.75) is 55.2 Å². The van der Waals surface area contributed by atoms with Crippen LogP contribution in [0.1, 0.15) is 33.1 Å². The lowest BCUT2D eigenvalue weighted by molar-refractivity contribution is -0.142. The number of fused-ring (bicyclic) bond motifs is 1. The summed E-state index contributed by atoms with van der Waals surface area (Å²) in [6.45, 7) is 12.2. The molecule has 44 heavy (non-hydrogen) atoms. The number of thioether (sulfide) groups is 1. The van der Waals surface area contributed by atoms with Crippen LogP contribution in [0.4, 0.5) is 11.4 Å². The molecule has 1 spiro atoms. The van der Waals surface area contributed by atoms with Crippen LogP contribution in [0.2, 0.25) is 0 Å². The van der Waals surface area contributed by atoms with Crippen molar-refractivity contribution in [1.29, 1.82) is 0 Å². The molecule has 0 saturated carbocycles. The molecule has 3 heterocycles. The van der Waals surface area contributed by atoms with Gasteiger partial charge in [-0.2, -0.15) is 0 Å². The Morgan fingerprint density at radius 3 is 2.23 bits per heavy atom. The summed E-state index contributed by atoms with van der Waals surface area (Å²) >= 11 is 1.63. The third-order valence-corrected chi connectivity index (χ3v) is 11.2. The summed E-state index contributed by atoms with van der Waals surface area (Å²) in [6.07, 6.45) is 5.29. The van der Waals surface area contributed by atoms with Crippen LogP contribution >= 0.6 is 11.8 Å². The highest BCUT2D eigenvalue weighted by Crippen LogP contribution is 2.67. The molecule has 3 amide bonds. The molecule has 3 saturated heterocycles. The molecular formula is C35H43N3O5S. The summed E-state index contributed by atoms with van der Waals surface area (Å²) in [5, 5.41) is 10.6. The molecule has 234 valence electrons. The Labute approximate surface area is 264 Å². The lowest BCUT2D eigenvalue weighted by Gasteiger charge is -2.40. The normalized spacial score (nSPS) is 25.9. The van der Waals surface area contributed by atoms with Crippen molar-refractivity contribution >= 4 is 40.9 Å². The van der Waals surface area contributed by atoms with Gasteiger partial charge in [-0.1, -0.05) is 44.2 Å². The fourth-order valence-corrected chi connectivity index (χ4v) is 9.66. The van der Waals surface area contributed by atoms with Crippen molar-refractivity contribution < 1.29 is 24.2 Å². The zero-order valence-corrected chi connectivity index (χ0v) is 26.6. The summed E-state index contributed by atoms with van der Waals surface area (Å²) in [7, 11) is 1.59. The first-order valence-corrected chi connectivity index (χ1v) is 16.2. The zero-order valence-electron chi connectivity index (χ0n) is 25.8. The van der Waals surface area contributed by atoms with E-state index in [1.54, 1.807) is 57.9 Å². The number of anilines is 2. The second-order valence-corrected chi connectivity index (χ2v) is 13.9. The van der Waals surface area contributed by atoms with E-state index in [0.717, 1.165) is 12.1 Å². The van der Waals surface area contributed by atoms with Crippen LogP contribution < -0.4 is 14.5 Å². The summed E-state index contributed by atoms with van der Waals surface area (Å²) in [5.41, 5.74) is 1.41. The van der Waals surface area contributed by atoms with Gasteiger partial charge in [-0.05, 0) is 61.6 Å². The Morgan fingerprint density at radius 2 is 1.66 bits per heavy atom. The smallest absolute Gasteiger partial charge is 0.251 e. The largest absolute Gasteiger partial charge is 0.497 e. The zero-order chi connectivity index (χ0) is 31.6. The van der Waals surface area contributed by atoms with Crippen molar-refractivity contribution in [3.05, 3.63) is 79.9 Å². The Morgan fingerprint density at radius 1 is 1.05 bits per heavy atom. The maximum absolute atomic E-state index is 14.9. The molecule has 9 heteroatoms. The number of benzene rings is 2. The average Bonchev–Trinajstić information content (AvgIpc) is 3.68. The monoisotopic (exact) mass is 617 g/mol. The molecule has 2 bridgehead atoms. The first kappa shape index (κ1) is 31.9. The number of amides is 3. The molecule has 3 fully saturated rings. The second kappa shape index (κ2) is 13.2. The van der Waals surface area contributed by atoms with Gasteiger partial charge in [0.25, 0.3) is 5.91 Å². The van der Waals surface area contributed by atoms with Crippen LogP contribution in [0.3, 0.4) is 0 Å². The van der Waals surface area contributed by atoms with E-state index in [-0.39, 0.29) is 42.0 Å². The molecule has 2 unspecified atom stereocenters. The average molecular weight is 618 g/mol. The van der Waals surface area contributed by atoms with Gasteiger partial charge in [-0.25, -0.2) is 0 Å². The highest BCUT2D eigenvalue weighted by atomic mass is 32.2. The van der Waals surface area contributed by atoms with E-state index in [9.17, 15) is 19.5 Å². The quantitative estimate of drug-likeness (QED) is 0.321. The van der Waals surface area contributed by atoms with Crippen LogP contribution in [0, 0.1) is 17.8 Å².